The van der Waals surface area contributed by atoms with Crippen molar-refractivity contribution >= 4 is 35.5 Å². The summed E-state index contributed by atoms with van der Waals surface area (Å²) in [4.78, 5) is 50.8. The Morgan fingerprint density at radius 3 is 2.56 bits per heavy atom. The number of fused-ring (bicyclic) bond motifs is 2. The summed E-state index contributed by atoms with van der Waals surface area (Å²) in [6.45, 7) is 10.1. The number of rotatable bonds is 4. The number of pyridine rings is 1. The van der Waals surface area contributed by atoms with Gasteiger partial charge < -0.3 is 24.3 Å². The van der Waals surface area contributed by atoms with Crippen molar-refractivity contribution in [3.63, 3.8) is 0 Å². The molecule has 11 heteroatoms. The average molecular weight is 556 g/mol. The van der Waals surface area contributed by atoms with E-state index in [1.807, 2.05) is 20.9 Å². The molecule has 1 aromatic carbocycles. The summed E-state index contributed by atoms with van der Waals surface area (Å²) in [7, 11) is 2.03. The molecule has 0 aliphatic carbocycles. The number of benzene rings is 1. The zero-order chi connectivity index (χ0) is 28.0. The molecule has 2 aromatic rings. The number of amides is 2. The van der Waals surface area contributed by atoms with Crippen molar-refractivity contribution in [3.8, 4) is 17.0 Å². The Morgan fingerprint density at radius 2 is 1.90 bits per heavy atom. The zero-order valence-electron chi connectivity index (χ0n) is 22.2. The van der Waals surface area contributed by atoms with Gasteiger partial charge in [0.15, 0.2) is 12.0 Å². The first kappa shape index (κ1) is 27.1. The number of hydrogen-bond acceptors (Lipinski definition) is 7. The zero-order valence-corrected chi connectivity index (χ0v) is 22.9. The topological polar surface area (TPSA) is 86.3 Å². The standard InChI is InChI=1S/C28H31ClFN5O4/c1-5-21(37)33-9-10-34-19(13-33)15-39-26-23(28(34)38)27(35-16(2)11-32(4)12-17(35)3)31-25(24(26)29)22-18(14-36)7-6-8-20(22)30/h5-8,14,16-17,19H,1,9-13,15H2,2-4H3/t16?,17?,19-/m1/s1. The Labute approximate surface area is 231 Å². The Morgan fingerprint density at radius 1 is 1.18 bits per heavy atom. The molecule has 4 heterocycles. The van der Waals surface area contributed by atoms with Crippen molar-refractivity contribution in [2.75, 3.05) is 51.3 Å². The minimum absolute atomic E-state index is 0.0375. The maximum Gasteiger partial charge on any atom is 0.261 e. The average Bonchev–Trinajstić information content (AvgIpc) is 3.05. The van der Waals surface area contributed by atoms with Gasteiger partial charge in [-0.1, -0.05) is 30.3 Å². The number of aldehydes is 1. The Balaban J connectivity index is 1.71. The van der Waals surface area contributed by atoms with Crippen LogP contribution in [0.3, 0.4) is 0 Å². The van der Waals surface area contributed by atoms with Crippen LogP contribution in [0.15, 0.2) is 30.9 Å². The minimum Gasteiger partial charge on any atom is -0.489 e. The number of halogens is 2. The van der Waals surface area contributed by atoms with Crippen molar-refractivity contribution < 1.29 is 23.5 Å². The van der Waals surface area contributed by atoms with Crippen LogP contribution in [-0.4, -0.2) is 102 Å². The third-order valence-electron chi connectivity index (χ3n) is 7.70. The molecule has 2 unspecified atom stereocenters. The minimum atomic E-state index is -0.657. The normalized spacial score (nSPS) is 23.5. The van der Waals surface area contributed by atoms with Crippen LogP contribution in [0.4, 0.5) is 10.2 Å². The molecule has 2 saturated heterocycles. The van der Waals surface area contributed by atoms with Crippen molar-refractivity contribution in [3.05, 3.63) is 52.8 Å². The first-order valence-corrected chi connectivity index (χ1v) is 13.3. The van der Waals surface area contributed by atoms with Gasteiger partial charge in [-0.15, -0.1) is 0 Å². The van der Waals surface area contributed by atoms with Gasteiger partial charge in [0.1, 0.15) is 28.8 Å². The summed E-state index contributed by atoms with van der Waals surface area (Å²) < 4.78 is 21.5. The molecule has 0 N–H and O–H groups in total. The van der Waals surface area contributed by atoms with E-state index in [-0.39, 0.29) is 70.2 Å². The van der Waals surface area contributed by atoms with E-state index < -0.39 is 11.9 Å². The highest BCUT2D eigenvalue weighted by atomic mass is 35.5. The van der Waals surface area contributed by atoms with Gasteiger partial charge in [-0.05, 0) is 33.0 Å². The van der Waals surface area contributed by atoms with E-state index in [9.17, 15) is 14.4 Å². The first-order chi connectivity index (χ1) is 18.7. The molecule has 0 spiro atoms. The van der Waals surface area contributed by atoms with Gasteiger partial charge in [0.05, 0.1) is 11.7 Å². The number of aromatic nitrogens is 1. The molecule has 0 saturated carbocycles. The van der Waals surface area contributed by atoms with E-state index in [2.05, 4.69) is 16.4 Å². The van der Waals surface area contributed by atoms with Crippen LogP contribution >= 0.6 is 11.6 Å². The fourth-order valence-corrected chi connectivity index (χ4v) is 6.31. The van der Waals surface area contributed by atoms with Crippen LogP contribution in [-0.2, 0) is 4.79 Å². The van der Waals surface area contributed by atoms with Gasteiger partial charge in [0, 0.05) is 55.9 Å². The van der Waals surface area contributed by atoms with Crippen molar-refractivity contribution in [1.82, 2.24) is 19.7 Å². The van der Waals surface area contributed by atoms with Crippen LogP contribution in [0, 0.1) is 5.82 Å². The monoisotopic (exact) mass is 555 g/mol. The van der Waals surface area contributed by atoms with Gasteiger partial charge in [0.2, 0.25) is 5.91 Å². The van der Waals surface area contributed by atoms with Crippen LogP contribution in [0.2, 0.25) is 5.02 Å². The third-order valence-corrected chi connectivity index (χ3v) is 8.05. The second-order valence-electron chi connectivity index (χ2n) is 10.4. The number of piperazine rings is 2. The summed E-state index contributed by atoms with van der Waals surface area (Å²) in [5, 5.41) is -0.0383. The molecule has 2 amide bonds. The third kappa shape index (κ3) is 4.65. The number of carbonyl (C=O) groups excluding carboxylic acids is 3. The fourth-order valence-electron chi connectivity index (χ4n) is 6.02. The molecule has 3 aliphatic heterocycles. The van der Waals surface area contributed by atoms with Crippen LogP contribution in [0.5, 0.6) is 5.75 Å². The van der Waals surface area contributed by atoms with Crippen LogP contribution < -0.4 is 9.64 Å². The van der Waals surface area contributed by atoms with E-state index in [4.69, 9.17) is 21.3 Å². The van der Waals surface area contributed by atoms with Crippen molar-refractivity contribution in [2.45, 2.75) is 32.0 Å². The number of hydrogen-bond donors (Lipinski definition) is 0. The Hall–Kier alpha value is -3.50. The molecule has 3 atom stereocenters. The molecule has 3 aliphatic rings. The predicted octanol–water partition coefficient (Wildman–Crippen LogP) is 3.11. The van der Waals surface area contributed by atoms with Crippen LogP contribution in [0.1, 0.15) is 34.6 Å². The summed E-state index contributed by atoms with van der Waals surface area (Å²) in [5.41, 5.74) is 0.296. The quantitative estimate of drug-likeness (QED) is 0.423. The van der Waals surface area contributed by atoms with Crippen LogP contribution in [0.25, 0.3) is 11.3 Å². The van der Waals surface area contributed by atoms with Gasteiger partial charge in [0.25, 0.3) is 5.91 Å². The number of nitrogens with zero attached hydrogens (tertiary/aromatic N) is 5. The molecule has 2 fully saturated rings. The van der Waals surface area contributed by atoms with Crippen molar-refractivity contribution in [2.24, 2.45) is 0 Å². The van der Waals surface area contributed by atoms with E-state index in [1.54, 1.807) is 9.80 Å². The maximum atomic E-state index is 15.2. The highest BCUT2D eigenvalue weighted by Crippen LogP contribution is 2.45. The highest BCUT2D eigenvalue weighted by Gasteiger charge is 2.42. The lowest BCUT2D eigenvalue weighted by molar-refractivity contribution is -0.128. The molecule has 206 valence electrons. The fraction of sp³-hybridized carbons (Fsp3) is 0.429. The number of carbonyl (C=O) groups is 3. The summed E-state index contributed by atoms with van der Waals surface area (Å²) in [5.74, 6) is -0.733. The van der Waals surface area contributed by atoms with E-state index >= 15 is 4.39 Å². The Bertz CT molecular complexity index is 1340. The molecular formula is C28H31ClFN5O4. The lowest BCUT2D eigenvalue weighted by Gasteiger charge is -2.45. The highest BCUT2D eigenvalue weighted by molar-refractivity contribution is 6.35. The van der Waals surface area contributed by atoms with Gasteiger partial charge >= 0.3 is 0 Å². The molecule has 0 bridgehead atoms. The summed E-state index contributed by atoms with van der Waals surface area (Å²) >= 11 is 6.86. The number of likely N-dealkylation sites (N-methyl/N-ethyl adjacent to an activating group) is 1. The second-order valence-corrected chi connectivity index (χ2v) is 10.8. The molecule has 5 rings (SSSR count). The largest absolute Gasteiger partial charge is 0.489 e. The SMILES string of the molecule is C=CC(=O)N1CCN2C(=O)c3c(N4C(C)CN(C)CC4C)nc(-c4c(F)cccc4C=O)c(Cl)c3OC[C@H]2C1. The first-order valence-electron chi connectivity index (χ1n) is 13.0. The van der Waals surface area contributed by atoms with Gasteiger partial charge in [-0.25, -0.2) is 9.37 Å². The molecular weight excluding hydrogens is 525 g/mol. The lowest BCUT2D eigenvalue weighted by atomic mass is 10.0. The molecule has 1 aromatic heterocycles. The van der Waals surface area contributed by atoms with E-state index in [1.165, 1.54) is 24.3 Å². The number of ether oxygens (including phenoxy) is 1. The molecule has 39 heavy (non-hydrogen) atoms. The lowest BCUT2D eigenvalue weighted by Crippen LogP contribution is -2.58. The Kier molecular flexibility index (Phi) is 7.35. The van der Waals surface area contributed by atoms with Gasteiger partial charge in [-0.3, -0.25) is 14.4 Å². The summed E-state index contributed by atoms with van der Waals surface area (Å²) in [6.07, 6.45) is 1.81. The van der Waals surface area contributed by atoms with E-state index in [0.29, 0.717) is 25.2 Å². The second kappa shape index (κ2) is 10.6. The van der Waals surface area contributed by atoms with Crippen molar-refractivity contribution in [1.29, 1.82) is 0 Å². The van der Waals surface area contributed by atoms with E-state index in [0.717, 1.165) is 13.1 Å². The number of anilines is 1. The molecule has 9 nitrogen and oxygen atoms in total. The van der Waals surface area contributed by atoms with Gasteiger partial charge in [-0.2, -0.15) is 0 Å². The smallest absolute Gasteiger partial charge is 0.261 e. The predicted molar refractivity (Wildman–Crippen MR) is 146 cm³/mol. The maximum absolute atomic E-state index is 15.2. The molecule has 0 radical (unpaired) electrons. The summed E-state index contributed by atoms with van der Waals surface area (Å²) in [6, 6.07) is 3.68.